The molecule has 0 amide bonds. The van der Waals surface area contributed by atoms with Crippen LogP contribution in [0.2, 0.25) is 0 Å². The summed E-state index contributed by atoms with van der Waals surface area (Å²) in [4.78, 5) is 13.2. The lowest BCUT2D eigenvalue weighted by molar-refractivity contribution is 0.929. The molecule has 3 nitrogen and oxygen atoms in total. The van der Waals surface area contributed by atoms with Gasteiger partial charge in [0.2, 0.25) is 0 Å². The molecule has 0 spiro atoms. The summed E-state index contributed by atoms with van der Waals surface area (Å²) in [6, 6.07) is 18.5. The second-order valence-electron chi connectivity index (χ2n) is 4.67. The van der Waals surface area contributed by atoms with Crippen LogP contribution in [0.25, 0.3) is 22.5 Å². The highest BCUT2D eigenvalue weighted by molar-refractivity contribution is 5.80. The molecule has 3 heteroatoms. The molecule has 1 heterocycles. The Hall–Kier alpha value is -2.55. The minimum atomic E-state index is 0.731. The average molecular weight is 261 g/mol. The first-order valence-electron chi connectivity index (χ1n) is 6.58. The third-order valence-electron chi connectivity index (χ3n) is 3.11. The van der Waals surface area contributed by atoms with Crippen molar-refractivity contribution in [3.05, 3.63) is 66.2 Å². The Balaban J connectivity index is 2.20. The summed E-state index contributed by atoms with van der Waals surface area (Å²) in [5, 5.41) is 0. The molecule has 3 rings (SSSR count). The van der Waals surface area contributed by atoms with Crippen molar-refractivity contribution >= 4 is 0 Å². The molecule has 0 saturated carbocycles. The van der Waals surface area contributed by atoms with Gasteiger partial charge in [-0.05, 0) is 25.0 Å². The number of aromatic nitrogens is 3. The lowest BCUT2D eigenvalue weighted by atomic mass is 9.99. The van der Waals surface area contributed by atoms with E-state index in [9.17, 15) is 0 Å². The summed E-state index contributed by atoms with van der Waals surface area (Å²) in [7, 11) is 0. The average Bonchev–Trinajstić information content (AvgIpc) is 2.47. The smallest absolute Gasteiger partial charge is 0.163 e. The molecular formula is C17H15N3. The molecule has 0 aliphatic heterocycles. The van der Waals surface area contributed by atoms with Crippen molar-refractivity contribution in [2.24, 2.45) is 0 Å². The van der Waals surface area contributed by atoms with Gasteiger partial charge in [-0.3, -0.25) is 0 Å². The number of hydrogen-bond donors (Lipinski definition) is 0. The highest BCUT2D eigenvalue weighted by atomic mass is 15.0. The molecule has 2 aromatic carbocycles. The van der Waals surface area contributed by atoms with E-state index in [1.54, 1.807) is 0 Å². The van der Waals surface area contributed by atoms with Crippen LogP contribution < -0.4 is 0 Å². The minimum absolute atomic E-state index is 0.731. The topological polar surface area (TPSA) is 38.7 Å². The third-order valence-corrected chi connectivity index (χ3v) is 3.11. The van der Waals surface area contributed by atoms with Gasteiger partial charge in [-0.15, -0.1) is 0 Å². The standard InChI is InChI=1S/C17H15N3/c1-12-18-13(2)20-17(19-12)16-11-7-6-10-15(16)14-8-4-3-5-9-14/h3-11H,1-2H3. The van der Waals surface area contributed by atoms with E-state index < -0.39 is 0 Å². The maximum absolute atomic E-state index is 4.47. The molecule has 0 N–H and O–H groups in total. The van der Waals surface area contributed by atoms with Crippen LogP contribution in [-0.4, -0.2) is 15.0 Å². The Morgan fingerprint density at radius 1 is 0.600 bits per heavy atom. The number of rotatable bonds is 2. The van der Waals surface area contributed by atoms with Crippen molar-refractivity contribution in [2.75, 3.05) is 0 Å². The molecule has 98 valence electrons. The van der Waals surface area contributed by atoms with E-state index in [2.05, 4.69) is 39.2 Å². The molecule has 0 radical (unpaired) electrons. The Morgan fingerprint density at radius 3 is 1.80 bits per heavy atom. The normalized spacial score (nSPS) is 10.5. The Bertz CT molecular complexity index is 716. The van der Waals surface area contributed by atoms with Gasteiger partial charge in [0.05, 0.1) is 0 Å². The molecule has 3 aromatic rings. The lowest BCUT2D eigenvalue weighted by Crippen LogP contribution is -1.99. The van der Waals surface area contributed by atoms with Crippen molar-refractivity contribution in [2.45, 2.75) is 13.8 Å². The van der Waals surface area contributed by atoms with Gasteiger partial charge < -0.3 is 0 Å². The third kappa shape index (κ3) is 2.43. The van der Waals surface area contributed by atoms with Gasteiger partial charge >= 0.3 is 0 Å². The predicted octanol–water partition coefficient (Wildman–Crippen LogP) is 3.82. The van der Waals surface area contributed by atoms with Gasteiger partial charge in [-0.2, -0.15) is 0 Å². The molecular weight excluding hydrogens is 246 g/mol. The number of hydrogen-bond acceptors (Lipinski definition) is 3. The summed E-state index contributed by atoms with van der Waals surface area (Å²) in [6.07, 6.45) is 0. The van der Waals surface area contributed by atoms with E-state index in [0.29, 0.717) is 0 Å². The lowest BCUT2D eigenvalue weighted by Gasteiger charge is -2.09. The number of aryl methyl sites for hydroxylation is 2. The SMILES string of the molecule is Cc1nc(C)nc(-c2ccccc2-c2ccccc2)n1. The number of nitrogens with zero attached hydrogens (tertiary/aromatic N) is 3. The highest BCUT2D eigenvalue weighted by Gasteiger charge is 2.10. The largest absolute Gasteiger partial charge is 0.219 e. The highest BCUT2D eigenvalue weighted by Crippen LogP contribution is 2.29. The van der Waals surface area contributed by atoms with Gasteiger partial charge in [-0.25, -0.2) is 15.0 Å². The van der Waals surface area contributed by atoms with Crippen LogP contribution in [0.4, 0.5) is 0 Å². The fraction of sp³-hybridized carbons (Fsp3) is 0.118. The molecule has 0 saturated heterocycles. The van der Waals surface area contributed by atoms with Crippen molar-refractivity contribution in [1.29, 1.82) is 0 Å². The molecule has 20 heavy (non-hydrogen) atoms. The zero-order valence-corrected chi connectivity index (χ0v) is 11.5. The molecule has 0 fully saturated rings. The van der Waals surface area contributed by atoms with Crippen LogP contribution in [0.5, 0.6) is 0 Å². The first kappa shape index (κ1) is 12.5. The first-order chi connectivity index (χ1) is 9.74. The summed E-state index contributed by atoms with van der Waals surface area (Å²) in [5.74, 6) is 2.22. The zero-order valence-electron chi connectivity index (χ0n) is 11.5. The van der Waals surface area contributed by atoms with Crippen LogP contribution in [-0.2, 0) is 0 Å². The van der Waals surface area contributed by atoms with Crippen LogP contribution in [0, 0.1) is 13.8 Å². The molecule has 0 bridgehead atoms. The van der Waals surface area contributed by atoms with Crippen molar-refractivity contribution in [3.63, 3.8) is 0 Å². The van der Waals surface area contributed by atoms with E-state index in [1.807, 2.05) is 44.2 Å². The summed E-state index contributed by atoms with van der Waals surface area (Å²) < 4.78 is 0. The van der Waals surface area contributed by atoms with Gasteiger partial charge in [-0.1, -0.05) is 54.6 Å². The quantitative estimate of drug-likeness (QED) is 0.704. The monoisotopic (exact) mass is 261 g/mol. The maximum atomic E-state index is 4.47. The van der Waals surface area contributed by atoms with Crippen LogP contribution in [0.3, 0.4) is 0 Å². The van der Waals surface area contributed by atoms with Gasteiger partial charge in [0, 0.05) is 5.56 Å². The zero-order chi connectivity index (χ0) is 13.9. The summed E-state index contributed by atoms with van der Waals surface area (Å²) >= 11 is 0. The molecule has 0 atom stereocenters. The Kier molecular flexibility index (Phi) is 3.25. The minimum Gasteiger partial charge on any atom is -0.219 e. The molecule has 0 aliphatic rings. The van der Waals surface area contributed by atoms with E-state index >= 15 is 0 Å². The summed E-state index contributed by atoms with van der Waals surface area (Å²) in [5.41, 5.74) is 3.34. The van der Waals surface area contributed by atoms with Gasteiger partial charge in [0.25, 0.3) is 0 Å². The summed E-state index contributed by atoms with van der Waals surface area (Å²) in [6.45, 7) is 3.78. The van der Waals surface area contributed by atoms with Crippen molar-refractivity contribution in [3.8, 4) is 22.5 Å². The molecule has 0 aliphatic carbocycles. The van der Waals surface area contributed by atoms with E-state index in [4.69, 9.17) is 0 Å². The fourth-order valence-electron chi connectivity index (χ4n) is 2.28. The Morgan fingerprint density at radius 2 is 1.15 bits per heavy atom. The first-order valence-corrected chi connectivity index (χ1v) is 6.58. The molecule has 1 aromatic heterocycles. The molecule has 0 unspecified atom stereocenters. The second-order valence-corrected chi connectivity index (χ2v) is 4.67. The van der Waals surface area contributed by atoms with Crippen LogP contribution >= 0.6 is 0 Å². The second kappa shape index (κ2) is 5.21. The van der Waals surface area contributed by atoms with Crippen LogP contribution in [0.15, 0.2) is 54.6 Å². The van der Waals surface area contributed by atoms with Crippen LogP contribution in [0.1, 0.15) is 11.6 Å². The fourth-order valence-corrected chi connectivity index (χ4v) is 2.28. The van der Waals surface area contributed by atoms with E-state index in [1.165, 1.54) is 5.56 Å². The predicted molar refractivity (Wildman–Crippen MR) is 80.2 cm³/mol. The van der Waals surface area contributed by atoms with Crippen molar-refractivity contribution in [1.82, 2.24) is 15.0 Å². The van der Waals surface area contributed by atoms with Crippen molar-refractivity contribution < 1.29 is 0 Å². The Labute approximate surface area is 118 Å². The van der Waals surface area contributed by atoms with E-state index in [-0.39, 0.29) is 0 Å². The number of benzene rings is 2. The van der Waals surface area contributed by atoms with E-state index in [0.717, 1.165) is 28.6 Å². The van der Waals surface area contributed by atoms with Gasteiger partial charge in [0.15, 0.2) is 5.82 Å². The van der Waals surface area contributed by atoms with Gasteiger partial charge in [0.1, 0.15) is 11.6 Å². The maximum Gasteiger partial charge on any atom is 0.163 e.